The minimum Gasteiger partial charge on any atom is -0.393 e. The lowest BCUT2D eigenvalue weighted by molar-refractivity contribution is -0.117. The van der Waals surface area contributed by atoms with Gasteiger partial charge in [0.05, 0.1) is 18.8 Å². The Bertz CT molecular complexity index is 422. The lowest BCUT2D eigenvalue weighted by atomic mass is 10.1. The highest BCUT2D eigenvalue weighted by Crippen LogP contribution is 2.14. The van der Waals surface area contributed by atoms with Gasteiger partial charge < -0.3 is 10.4 Å². The molecule has 0 radical (unpaired) electrons. The smallest absolute Gasteiger partial charge is 0.239 e. The van der Waals surface area contributed by atoms with Crippen molar-refractivity contribution in [3.8, 4) is 0 Å². The van der Waals surface area contributed by atoms with Gasteiger partial charge >= 0.3 is 0 Å². The van der Waals surface area contributed by atoms with Gasteiger partial charge in [-0.25, -0.2) is 4.68 Å². The highest BCUT2D eigenvalue weighted by atomic mass is 16.3. The maximum atomic E-state index is 12.0. The van der Waals surface area contributed by atoms with Crippen molar-refractivity contribution in [2.75, 3.05) is 25.0 Å². The predicted molar refractivity (Wildman–Crippen MR) is 72.9 cm³/mol. The van der Waals surface area contributed by atoms with Crippen LogP contribution in [0.2, 0.25) is 0 Å². The Morgan fingerprint density at radius 2 is 2.21 bits per heavy atom. The van der Waals surface area contributed by atoms with Gasteiger partial charge in [0.15, 0.2) is 0 Å². The number of rotatable bonds is 4. The van der Waals surface area contributed by atoms with Crippen LogP contribution in [0.5, 0.6) is 0 Å². The molecule has 0 bridgehead atoms. The van der Waals surface area contributed by atoms with Crippen molar-refractivity contribution in [1.29, 1.82) is 0 Å². The average Bonchev–Trinajstić information content (AvgIpc) is 2.80. The van der Waals surface area contributed by atoms with Crippen LogP contribution >= 0.6 is 0 Å². The maximum Gasteiger partial charge on any atom is 0.239 e. The molecule has 1 fully saturated rings. The summed E-state index contributed by atoms with van der Waals surface area (Å²) in [5, 5.41) is 16.5. The van der Waals surface area contributed by atoms with Crippen LogP contribution in [0, 0.1) is 0 Å². The molecular formula is C13H22N4O2. The predicted octanol–water partition coefficient (Wildman–Crippen LogP) is 0.859. The number of piperidine rings is 1. The summed E-state index contributed by atoms with van der Waals surface area (Å²) >= 11 is 0. The Morgan fingerprint density at radius 1 is 1.53 bits per heavy atom. The van der Waals surface area contributed by atoms with E-state index in [9.17, 15) is 9.90 Å². The largest absolute Gasteiger partial charge is 0.393 e. The van der Waals surface area contributed by atoms with Gasteiger partial charge in [0.2, 0.25) is 5.91 Å². The van der Waals surface area contributed by atoms with Crippen LogP contribution in [0.1, 0.15) is 32.7 Å². The monoisotopic (exact) mass is 266 g/mol. The summed E-state index contributed by atoms with van der Waals surface area (Å²) in [6.07, 6.45) is 2.98. The molecule has 2 rings (SSSR count). The van der Waals surface area contributed by atoms with Crippen LogP contribution in [-0.4, -0.2) is 51.4 Å². The van der Waals surface area contributed by atoms with Gasteiger partial charge in [0.1, 0.15) is 5.82 Å². The van der Waals surface area contributed by atoms with Crippen LogP contribution in [0.3, 0.4) is 0 Å². The first kappa shape index (κ1) is 14.0. The summed E-state index contributed by atoms with van der Waals surface area (Å²) in [5.74, 6) is 0.704. The Balaban J connectivity index is 1.85. The van der Waals surface area contributed by atoms with E-state index in [1.807, 2.05) is 13.8 Å². The van der Waals surface area contributed by atoms with Gasteiger partial charge in [0.25, 0.3) is 0 Å². The van der Waals surface area contributed by atoms with Crippen molar-refractivity contribution in [2.24, 2.45) is 0 Å². The number of likely N-dealkylation sites (tertiary alicyclic amines) is 1. The number of hydrogen-bond acceptors (Lipinski definition) is 4. The molecule has 0 aliphatic carbocycles. The van der Waals surface area contributed by atoms with Crippen molar-refractivity contribution in [1.82, 2.24) is 14.7 Å². The Morgan fingerprint density at radius 3 is 2.84 bits per heavy atom. The fourth-order valence-corrected chi connectivity index (χ4v) is 2.29. The SMILES string of the molecule is CC(C)n1nccc1NC(=O)CN1CCC(O)CC1. The van der Waals surface area contributed by atoms with E-state index in [1.54, 1.807) is 16.9 Å². The van der Waals surface area contributed by atoms with Crippen molar-refractivity contribution in [3.05, 3.63) is 12.3 Å². The number of nitrogens with one attached hydrogen (secondary N) is 1. The standard InChI is InChI=1S/C13H22N4O2/c1-10(2)17-12(3-6-14-17)15-13(19)9-16-7-4-11(18)5-8-16/h3,6,10-11,18H,4-5,7-9H2,1-2H3,(H,15,19). The number of anilines is 1. The van der Waals surface area contributed by atoms with Gasteiger partial charge in [-0.2, -0.15) is 5.10 Å². The number of aromatic nitrogens is 2. The summed E-state index contributed by atoms with van der Waals surface area (Å²) in [4.78, 5) is 14.0. The zero-order valence-electron chi connectivity index (χ0n) is 11.5. The molecule has 1 saturated heterocycles. The van der Waals surface area contributed by atoms with Crippen molar-refractivity contribution < 1.29 is 9.90 Å². The van der Waals surface area contributed by atoms with Crippen LogP contribution in [-0.2, 0) is 4.79 Å². The van der Waals surface area contributed by atoms with E-state index >= 15 is 0 Å². The average molecular weight is 266 g/mol. The Kier molecular flexibility index (Phi) is 4.55. The number of amides is 1. The summed E-state index contributed by atoms with van der Waals surface area (Å²) < 4.78 is 1.79. The van der Waals surface area contributed by atoms with Crippen LogP contribution in [0.4, 0.5) is 5.82 Å². The van der Waals surface area contributed by atoms with Gasteiger partial charge in [-0.1, -0.05) is 0 Å². The fourth-order valence-electron chi connectivity index (χ4n) is 2.29. The van der Waals surface area contributed by atoms with Crippen molar-refractivity contribution >= 4 is 11.7 Å². The Labute approximate surface area is 113 Å². The summed E-state index contributed by atoms with van der Waals surface area (Å²) in [6, 6.07) is 2.02. The third kappa shape index (κ3) is 3.78. The van der Waals surface area contributed by atoms with Gasteiger partial charge in [0, 0.05) is 25.2 Å². The quantitative estimate of drug-likeness (QED) is 0.848. The first-order valence-corrected chi connectivity index (χ1v) is 6.80. The summed E-state index contributed by atoms with van der Waals surface area (Å²) in [5.41, 5.74) is 0. The highest BCUT2D eigenvalue weighted by Gasteiger charge is 2.19. The maximum absolute atomic E-state index is 12.0. The molecule has 6 nitrogen and oxygen atoms in total. The topological polar surface area (TPSA) is 70.4 Å². The Hall–Kier alpha value is -1.40. The lowest BCUT2D eigenvalue weighted by Crippen LogP contribution is -2.40. The third-order valence-corrected chi connectivity index (χ3v) is 3.35. The second-order valence-corrected chi connectivity index (χ2v) is 5.31. The zero-order valence-corrected chi connectivity index (χ0v) is 11.5. The van der Waals surface area contributed by atoms with E-state index in [2.05, 4.69) is 15.3 Å². The van der Waals surface area contributed by atoms with Crippen LogP contribution in [0.15, 0.2) is 12.3 Å². The fraction of sp³-hybridized carbons (Fsp3) is 0.692. The van der Waals surface area contributed by atoms with Gasteiger partial charge in [-0.3, -0.25) is 9.69 Å². The lowest BCUT2D eigenvalue weighted by Gasteiger charge is -2.28. The van der Waals surface area contributed by atoms with Gasteiger partial charge in [-0.15, -0.1) is 0 Å². The molecule has 0 atom stereocenters. The van der Waals surface area contributed by atoms with Gasteiger partial charge in [-0.05, 0) is 26.7 Å². The second-order valence-electron chi connectivity index (χ2n) is 5.31. The molecule has 0 spiro atoms. The number of aliphatic hydroxyl groups excluding tert-OH is 1. The minimum absolute atomic E-state index is 0.0289. The minimum atomic E-state index is -0.207. The first-order chi connectivity index (χ1) is 9.06. The molecule has 2 N–H and O–H groups in total. The van der Waals surface area contributed by atoms with E-state index < -0.39 is 0 Å². The van der Waals surface area contributed by atoms with Crippen molar-refractivity contribution in [2.45, 2.75) is 38.8 Å². The summed E-state index contributed by atoms with van der Waals surface area (Å²) in [7, 11) is 0. The molecule has 1 aliphatic heterocycles. The van der Waals surface area contributed by atoms with Crippen molar-refractivity contribution in [3.63, 3.8) is 0 Å². The molecule has 0 aromatic carbocycles. The number of carbonyl (C=O) groups excluding carboxylic acids is 1. The molecule has 19 heavy (non-hydrogen) atoms. The van der Waals surface area contributed by atoms with Crippen LogP contribution < -0.4 is 5.32 Å². The van der Waals surface area contributed by atoms with E-state index in [-0.39, 0.29) is 18.1 Å². The third-order valence-electron chi connectivity index (χ3n) is 3.35. The molecule has 1 aromatic heterocycles. The molecule has 1 aromatic rings. The number of aliphatic hydroxyl groups is 1. The normalized spacial score (nSPS) is 17.9. The van der Waals surface area contributed by atoms with Crippen LogP contribution in [0.25, 0.3) is 0 Å². The zero-order chi connectivity index (χ0) is 13.8. The molecule has 106 valence electrons. The van der Waals surface area contributed by atoms with E-state index in [0.717, 1.165) is 31.7 Å². The van der Waals surface area contributed by atoms with E-state index in [4.69, 9.17) is 0 Å². The second kappa shape index (κ2) is 6.16. The molecule has 6 heteroatoms. The number of nitrogens with zero attached hydrogens (tertiary/aromatic N) is 3. The molecule has 1 amide bonds. The highest BCUT2D eigenvalue weighted by molar-refractivity contribution is 5.91. The summed E-state index contributed by atoms with van der Waals surface area (Å²) in [6.45, 7) is 5.97. The molecule has 0 unspecified atom stereocenters. The molecule has 1 aliphatic rings. The van der Waals surface area contributed by atoms with E-state index in [1.165, 1.54) is 0 Å². The number of hydrogen-bond donors (Lipinski definition) is 2. The molecule has 0 saturated carbocycles. The molecular weight excluding hydrogens is 244 g/mol. The number of carbonyl (C=O) groups is 1. The first-order valence-electron chi connectivity index (χ1n) is 6.80. The molecule has 2 heterocycles. The van der Waals surface area contributed by atoms with E-state index in [0.29, 0.717) is 6.54 Å².